The van der Waals surface area contributed by atoms with Crippen LogP contribution in [0.5, 0.6) is 0 Å². The number of hydrogen-bond acceptors (Lipinski definition) is 4. The summed E-state index contributed by atoms with van der Waals surface area (Å²) in [6.45, 7) is 1.50. The summed E-state index contributed by atoms with van der Waals surface area (Å²) in [7, 11) is 0. The summed E-state index contributed by atoms with van der Waals surface area (Å²) in [6.07, 6.45) is 3.93. The lowest BCUT2D eigenvalue weighted by atomic mass is 9.99. The number of hydrogen-bond donors (Lipinski definition) is 0. The molecule has 164 valence electrons. The SMILES string of the molecule is O=c1c2nnc(C3CCOCC3)n2cc(Cc2ccc(F)cc2)n1Cc1cccc(F)c1. The molecule has 0 unspecified atom stereocenters. The Morgan fingerprint density at radius 2 is 1.75 bits per heavy atom. The van der Waals surface area contributed by atoms with E-state index in [4.69, 9.17) is 4.74 Å². The average molecular weight is 436 g/mol. The Labute approximate surface area is 183 Å². The molecule has 0 saturated carbocycles. The molecule has 8 heteroatoms. The molecule has 1 aliphatic heterocycles. The number of fused-ring (bicyclic) bond motifs is 1. The molecule has 0 atom stereocenters. The number of nitrogens with zero attached hydrogens (tertiary/aromatic N) is 4. The molecule has 32 heavy (non-hydrogen) atoms. The van der Waals surface area contributed by atoms with Crippen molar-refractivity contribution < 1.29 is 13.5 Å². The molecule has 4 aromatic rings. The largest absolute Gasteiger partial charge is 0.381 e. The molecule has 1 fully saturated rings. The van der Waals surface area contributed by atoms with Crippen LogP contribution in [0.4, 0.5) is 8.78 Å². The van der Waals surface area contributed by atoms with Gasteiger partial charge in [-0.25, -0.2) is 8.78 Å². The third-order valence-electron chi connectivity index (χ3n) is 5.90. The fourth-order valence-electron chi connectivity index (χ4n) is 4.22. The second-order valence-corrected chi connectivity index (χ2v) is 8.08. The van der Waals surface area contributed by atoms with Gasteiger partial charge in [-0.1, -0.05) is 24.3 Å². The van der Waals surface area contributed by atoms with Crippen molar-refractivity contribution in [2.75, 3.05) is 13.2 Å². The smallest absolute Gasteiger partial charge is 0.296 e. The molecule has 0 aliphatic carbocycles. The van der Waals surface area contributed by atoms with E-state index in [1.165, 1.54) is 24.3 Å². The Morgan fingerprint density at radius 3 is 2.50 bits per heavy atom. The minimum atomic E-state index is -0.360. The highest BCUT2D eigenvalue weighted by atomic mass is 19.1. The van der Waals surface area contributed by atoms with Crippen molar-refractivity contribution in [2.24, 2.45) is 0 Å². The van der Waals surface area contributed by atoms with E-state index in [2.05, 4.69) is 10.2 Å². The lowest BCUT2D eigenvalue weighted by Crippen LogP contribution is -2.27. The van der Waals surface area contributed by atoms with E-state index < -0.39 is 0 Å². The molecule has 0 radical (unpaired) electrons. The summed E-state index contributed by atoms with van der Waals surface area (Å²) in [5.74, 6) is 0.234. The van der Waals surface area contributed by atoms with Crippen LogP contribution in [0, 0.1) is 11.6 Å². The van der Waals surface area contributed by atoms with Crippen LogP contribution in [0.15, 0.2) is 59.5 Å². The summed E-state index contributed by atoms with van der Waals surface area (Å²) in [4.78, 5) is 13.4. The summed E-state index contributed by atoms with van der Waals surface area (Å²) in [5, 5.41) is 8.52. The third-order valence-corrected chi connectivity index (χ3v) is 5.90. The minimum absolute atomic E-state index is 0.163. The Kier molecular flexibility index (Phi) is 5.53. The van der Waals surface area contributed by atoms with Gasteiger partial charge in [0.1, 0.15) is 17.5 Å². The molecule has 5 rings (SSSR count). The zero-order valence-corrected chi connectivity index (χ0v) is 17.4. The van der Waals surface area contributed by atoms with Gasteiger partial charge in [0.15, 0.2) is 0 Å². The van der Waals surface area contributed by atoms with Crippen LogP contribution >= 0.6 is 0 Å². The topological polar surface area (TPSA) is 61.4 Å². The van der Waals surface area contributed by atoms with E-state index in [0.717, 1.165) is 24.2 Å². The molecule has 0 spiro atoms. The van der Waals surface area contributed by atoms with Gasteiger partial charge in [-0.3, -0.25) is 9.20 Å². The molecule has 0 N–H and O–H groups in total. The summed E-state index contributed by atoms with van der Waals surface area (Å²) in [6, 6.07) is 12.4. The van der Waals surface area contributed by atoms with Crippen molar-refractivity contribution in [2.45, 2.75) is 31.7 Å². The van der Waals surface area contributed by atoms with Crippen molar-refractivity contribution in [1.82, 2.24) is 19.2 Å². The van der Waals surface area contributed by atoms with Crippen molar-refractivity contribution in [3.8, 4) is 0 Å². The maximum absolute atomic E-state index is 13.8. The van der Waals surface area contributed by atoms with Gasteiger partial charge in [-0.05, 0) is 48.2 Å². The molecule has 1 saturated heterocycles. The van der Waals surface area contributed by atoms with Gasteiger partial charge in [0.25, 0.3) is 5.56 Å². The molecule has 2 aromatic heterocycles. The fraction of sp³-hybridized carbons (Fsp3) is 0.292. The highest BCUT2D eigenvalue weighted by molar-refractivity contribution is 5.38. The fourth-order valence-corrected chi connectivity index (χ4v) is 4.22. The monoisotopic (exact) mass is 436 g/mol. The van der Waals surface area contributed by atoms with Gasteiger partial charge >= 0.3 is 0 Å². The summed E-state index contributed by atoms with van der Waals surface area (Å²) >= 11 is 0. The standard InChI is InChI=1S/C24H22F2N4O2/c25-19-6-4-16(5-7-19)13-21-15-30-22(18-8-10-32-11-9-18)27-28-23(30)24(31)29(21)14-17-2-1-3-20(26)12-17/h1-7,12,15,18H,8-11,13-14H2. The van der Waals surface area contributed by atoms with Crippen molar-refractivity contribution >= 4 is 5.65 Å². The predicted octanol–water partition coefficient (Wildman–Crippen LogP) is 3.70. The molecule has 6 nitrogen and oxygen atoms in total. The Bertz CT molecular complexity index is 1310. The van der Waals surface area contributed by atoms with E-state index in [9.17, 15) is 13.6 Å². The first-order chi connectivity index (χ1) is 15.6. The first kappa shape index (κ1) is 20.5. The molecular weight excluding hydrogens is 414 g/mol. The predicted molar refractivity (Wildman–Crippen MR) is 115 cm³/mol. The van der Waals surface area contributed by atoms with Gasteiger partial charge in [0.2, 0.25) is 5.65 Å². The quantitative estimate of drug-likeness (QED) is 0.479. The Hall–Kier alpha value is -3.39. The normalized spacial score (nSPS) is 14.8. The number of halogens is 2. The zero-order chi connectivity index (χ0) is 22.1. The van der Waals surface area contributed by atoms with Crippen LogP contribution in [0.1, 0.15) is 41.4 Å². The molecule has 0 amide bonds. The van der Waals surface area contributed by atoms with E-state index >= 15 is 0 Å². The highest BCUT2D eigenvalue weighted by Gasteiger charge is 2.23. The van der Waals surface area contributed by atoms with Crippen LogP contribution in [0.25, 0.3) is 5.65 Å². The van der Waals surface area contributed by atoms with Crippen molar-refractivity contribution in [3.05, 3.63) is 99.4 Å². The molecule has 1 aliphatic rings. The average Bonchev–Trinajstić information content (AvgIpc) is 3.23. The number of ether oxygens (including phenoxy) is 1. The number of rotatable bonds is 5. The zero-order valence-electron chi connectivity index (χ0n) is 17.4. The van der Waals surface area contributed by atoms with E-state index in [-0.39, 0.29) is 35.3 Å². The first-order valence-electron chi connectivity index (χ1n) is 10.6. The van der Waals surface area contributed by atoms with Gasteiger partial charge in [0.05, 0.1) is 6.54 Å². The number of aromatic nitrogens is 4. The van der Waals surface area contributed by atoms with Crippen molar-refractivity contribution in [1.29, 1.82) is 0 Å². The Balaban J connectivity index is 1.63. The lowest BCUT2D eigenvalue weighted by Gasteiger charge is -2.21. The second-order valence-electron chi connectivity index (χ2n) is 8.08. The van der Waals surface area contributed by atoms with E-state index in [1.807, 2.05) is 6.20 Å². The van der Waals surface area contributed by atoms with Crippen LogP contribution in [0.2, 0.25) is 0 Å². The molecule has 3 heterocycles. The Morgan fingerprint density at radius 1 is 0.969 bits per heavy atom. The lowest BCUT2D eigenvalue weighted by molar-refractivity contribution is 0.0834. The number of benzene rings is 2. The van der Waals surface area contributed by atoms with Gasteiger partial charge in [-0.15, -0.1) is 10.2 Å². The third kappa shape index (κ3) is 4.05. The van der Waals surface area contributed by atoms with Crippen LogP contribution < -0.4 is 5.56 Å². The highest BCUT2D eigenvalue weighted by Crippen LogP contribution is 2.26. The van der Waals surface area contributed by atoms with E-state index in [0.29, 0.717) is 30.9 Å². The minimum Gasteiger partial charge on any atom is -0.381 e. The maximum atomic E-state index is 13.8. The first-order valence-corrected chi connectivity index (χ1v) is 10.6. The molecular formula is C24H22F2N4O2. The summed E-state index contributed by atoms with van der Waals surface area (Å²) < 4.78 is 36.0. The van der Waals surface area contributed by atoms with Crippen LogP contribution in [-0.4, -0.2) is 32.4 Å². The van der Waals surface area contributed by atoms with Crippen molar-refractivity contribution in [3.63, 3.8) is 0 Å². The van der Waals surface area contributed by atoms with Gasteiger partial charge in [-0.2, -0.15) is 0 Å². The molecule has 2 aromatic carbocycles. The van der Waals surface area contributed by atoms with Crippen LogP contribution in [-0.2, 0) is 17.7 Å². The summed E-state index contributed by atoms with van der Waals surface area (Å²) in [5.41, 5.74) is 2.19. The van der Waals surface area contributed by atoms with E-state index in [1.54, 1.807) is 33.2 Å². The maximum Gasteiger partial charge on any atom is 0.296 e. The van der Waals surface area contributed by atoms with Gasteiger partial charge in [0, 0.05) is 37.4 Å². The second kappa shape index (κ2) is 8.63. The molecule has 0 bridgehead atoms. The van der Waals surface area contributed by atoms with Crippen LogP contribution in [0.3, 0.4) is 0 Å². The van der Waals surface area contributed by atoms with Gasteiger partial charge < -0.3 is 9.30 Å².